The number of aryl methyl sites for hydroxylation is 1. The zero-order chi connectivity index (χ0) is 15.2. The van der Waals surface area contributed by atoms with Gasteiger partial charge < -0.3 is 5.32 Å². The number of rotatable bonds is 5. The molecular weight excluding hydrogens is 278 g/mol. The highest BCUT2D eigenvalue weighted by Gasteiger charge is 2.16. The van der Waals surface area contributed by atoms with Crippen molar-refractivity contribution >= 4 is 17.7 Å². The van der Waals surface area contributed by atoms with Gasteiger partial charge in [0.15, 0.2) is 0 Å². The number of hydrogen-bond acceptors (Lipinski definition) is 2. The summed E-state index contributed by atoms with van der Waals surface area (Å²) in [7, 11) is 0. The molecule has 0 bridgehead atoms. The lowest BCUT2D eigenvalue weighted by molar-refractivity contribution is 0.0932. The van der Waals surface area contributed by atoms with Crippen LogP contribution in [0.25, 0.3) is 0 Å². The first kappa shape index (κ1) is 15.6. The fraction of sp³-hybridized carbons (Fsp3) is 0.278. The number of hydrogen-bond donors (Lipinski definition) is 1. The van der Waals surface area contributed by atoms with Gasteiger partial charge in [0.05, 0.1) is 11.6 Å². The molecule has 0 spiro atoms. The van der Waals surface area contributed by atoms with Gasteiger partial charge >= 0.3 is 0 Å². The predicted molar refractivity (Wildman–Crippen MR) is 89.9 cm³/mol. The lowest BCUT2D eigenvalue weighted by Crippen LogP contribution is -2.28. The van der Waals surface area contributed by atoms with Crippen LogP contribution in [0, 0.1) is 6.92 Å². The van der Waals surface area contributed by atoms with Crippen molar-refractivity contribution in [2.24, 2.45) is 0 Å². The van der Waals surface area contributed by atoms with E-state index in [2.05, 4.69) is 43.4 Å². The Kier molecular flexibility index (Phi) is 5.45. The van der Waals surface area contributed by atoms with Gasteiger partial charge in [0.2, 0.25) is 0 Å². The molecule has 1 N–H and O–H groups in total. The van der Waals surface area contributed by atoms with E-state index in [9.17, 15) is 4.79 Å². The molecule has 21 heavy (non-hydrogen) atoms. The molecule has 0 aliphatic carbocycles. The van der Waals surface area contributed by atoms with Crippen LogP contribution in [0.3, 0.4) is 0 Å². The average Bonchev–Trinajstić information content (AvgIpc) is 2.53. The summed E-state index contributed by atoms with van der Waals surface area (Å²) in [6, 6.07) is 16.1. The minimum atomic E-state index is -0.00706. The van der Waals surface area contributed by atoms with Crippen LogP contribution in [0.4, 0.5) is 0 Å². The van der Waals surface area contributed by atoms with E-state index in [0.717, 1.165) is 22.4 Å². The monoisotopic (exact) mass is 299 g/mol. The number of carbonyl (C=O) groups excluding carboxylic acids is 1. The van der Waals surface area contributed by atoms with Gasteiger partial charge in [-0.25, -0.2) is 0 Å². The molecule has 0 saturated heterocycles. The molecule has 2 nitrogen and oxygen atoms in total. The SMILES string of the molecule is CCC(NC(=O)c1ccccc1SC)c1ccc(C)cc1. The van der Waals surface area contributed by atoms with E-state index < -0.39 is 0 Å². The molecule has 0 aromatic heterocycles. The molecule has 2 aromatic carbocycles. The van der Waals surface area contributed by atoms with E-state index in [-0.39, 0.29) is 11.9 Å². The largest absolute Gasteiger partial charge is 0.345 e. The molecule has 110 valence electrons. The Morgan fingerprint density at radius 3 is 2.43 bits per heavy atom. The first-order chi connectivity index (χ1) is 10.2. The predicted octanol–water partition coefficient (Wildman–Crippen LogP) is 4.60. The Balaban J connectivity index is 2.18. The summed E-state index contributed by atoms with van der Waals surface area (Å²) >= 11 is 1.60. The number of carbonyl (C=O) groups is 1. The van der Waals surface area contributed by atoms with E-state index >= 15 is 0 Å². The summed E-state index contributed by atoms with van der Waals surface area (Å²) in [5, 5.41) is 3.14. The third kappa shape index (κ3) is 3.88. The van der Waals surface area contributed by atoms with Gasteiger partial charge in [0.1, 0.15) is 0 Å². The van der Waals surface area contributed by atoms with Crippen molar-refractivity contribution in [1.29, 1.82) is 0 Å². The number of nitrogens with one attached hydrogen (secondary N) is 1. The minimum Gasteiger partial charge on any atom is -0.345 e. The summed E-state index contributed by atoms with van der Waals surface area (Å²) in [6.07, 6.45) is 2.86. The smallest absolute Gasteiger partial charge is 0.252 e. The van der Waals surface area contributed by atoms with Gasteiger partial charge in [-0.2, -0.15) is 0 Å². The van der Waals surface area contributed by atoms with Crippen LogP contribution in [0.5, 0.6) is 0 Å². The third-order valence-electron chi connectivity index (χ3n) is 3.54. The standard InChI is InChI=1S/C18H21NOS/c1-4-16(14-11-9-13(2)10-12-14)19-18(20)15-7-5-6-8-17(15)21-3/h5-12,16H,4H2,1-3H3,(H,19,20). The van der Waals surface area contributed by atoms with Crippen LogP contribution in [0.2, 0.25) is 0 Å². The van der Waals surface area contributed by atoms with Crippen molar-refractivity contribution in [3.63, 3.8) is 0 Å². The summed E-state index contributed by atoms with van der Waals surface area (Å²) in [4.78, 5) is 13.5. The Morgan fingerprint density at radius 2 is 1.81 bits per heavy atom. The van der Waals surface area contributed by atoms with Gasteiger partial charge in [-0.3, -0.25) is 4.79 Å². The lowest BCUT2D eigenvalue weighted by atomic mass is 10.0. The summed E-state index contributed by atoms with van der Waals surface area (Å²) in [5.74, 6) is -0.00706. The highest BCUT2D eigenvalue weighted by Crippen LogP contribution is 2.22. The fourth-order valence-corrected chi connectivity index (χ4v) is 2.88. The Hall–Kier alpha value is -1.74. The van der Waals surface area contributed by atoms with E-state index in [1.807, 2.05) is 30.5 Å². The van der Waals surface area contributed by atoms with Gasteiger partial charge in [0.25, 0.3) is 5.91 Å². The van der Waals surface area contributed by atoms with Gasteiger partial charge in [-0.05, 0) is 37.3 Å². The molecule has 1 unspecified atom stereocenters. The van der Waals surface area contributed by atoms with E-state index in [1.54, 1.807) is 11.8 Å². The highest BCUT2D eigenvalue weighted by atomic mass is 32.2. The van der Waals surface area contributed by atoms with E-state index in [4.69, 9.17) is 0 Å². The molecule has 1 atom stereocenters. The molecular formula is C18H21NOS. The van der Waals surface area contributed by atoms with Crippen LogP contribution in [0.1, 0.15) is 40.9 Å². The fourth-order valence-electron chi connectivity index (χ4n) is 2.29. The van der Waals surface area contributed by atoms with Crippen molar-refractivity contribution in [3.05, 3.63) is 65.2 Å². The molecule has 1 amide bonds. The van der Waals surface area contributed by atoms with Crippen molar-refractivity contribution in [1.82, 2.24) is 5.32 Å². The molecule has 3 heteroatoms. The number of benzene rings is 2. The highest BCUT2D eigenvalue weighted by molar-refractivity contribution is 7.98. The van der Waals surface area contributed by atoms with Crippen LogP contribution >= 0.6 is 11.8 Å². The zero-order valence-corrected chi connectivity index (χ0v) is 13.5. The summed E-state index contributed by atoms with van der Waals surface area (Å²) in [5.41, 5.74) is 3.13. The normalized spacial score (nSPS) is 12.0. The van der Waals surface area contributed by atoms with Gasteiger partial charge in [0, 0.05) is 4.90 Å². The number of amides is 1. The van der Waals surface area contributed by atoms with Crippen molar-refractivity contribution in [2.75, 3.05) is 6.26 Å². The second kappa shape index (κ2) is 7.32. The maximum atomic E-state index is 12.5. The van der Waals surface area contributed by atoms with Crippen LogP contribution < -0.4 is 5.32 Å². The maximum Gasteiger partial charge on any atom is 0.252 e. The lowest BCUT2D eigenvalue weighted by Gasteiger charge is -2.18. The second-order valence-corrected chi connectivity index (χ2v) is 5.89. The third-order valence-corrected chi connectivity index (χ3v) is 4.34. The summed E-state index contributed by atoms with van der Waals surface area (Å²) in [6.45, 7) is 4.16. The quantitative estimate of drug-likeness (QED) is 0.818. The van der Waals surface area contributed by atoms with Crippen LogP contribution in [-0.4, -0.2) is 12.2 Å². The van der Waals surface area contributed by atoms with E-state index in [1.165, 1.54) is 5.56 Å². The minimum absolute atomic E-state index is 0.00706. The van der Waals surface area contributed by atoms with Crippen molar-refractivity contribution < 1.29 is 4.79 Å². The zero-order valence-electron chi connectivity index (χ0n) is 12.7. The van der Waals surface area contributed by atoms with Gasteiger partial charge in [-0.1, -0.05) is 48.9 Å². The molecule has 0 radical (unpaired) electrons. The van der Waals surface area contributed by atoms with Crippen LogP contribution in [-0.2, 0) is 0 Å². The van der Waals surface area contributed by atoms with Crippen molar-refractivity contribution in [2.45, 2.75) is 31.2 Å². The molecule has 2 rings (SSSR count). The Bertz CT molecular complexity index is 607. The first-order valence-corrected chi connectivity index (χ1v) is 8.38. The van der Waals surface area contributed by atoms with Gasteiger partial charge in [-0.15, -0.1) is 11.8 Å². The molecule has 0 fully saturated rings. The van der Waals surface area contributed by atoms with Crippen molar-refractivity contribution in [3.8, 4) is 0 Å². The van der Waals surface area contributed by atoms with Crippen LogP contribution in [0.15, 0.2) is 53.4 Å². The van der Waals surface area contributed by atoms with E-state index in [0.29, 0.717) is 0 Å². The molecule has 2 aromatic rings. The molecule has 0 saturated carbocycles. The summed E-state index contributed by atoms with van der Waals surface area (Å²) < 4.78 is 0. The first-order valence-electron chi connectivity index (χ1n) is 7.16. The second-order valence-electron chi connectivity index (χ2n) is 5.05. The Labute approximate surface area is 131 Å². The maximum absolute atomic E-state index is 12.5. The average molecular weight is 299 g/mol. The number of thioether (sulfide) groups is 1. The Morgan fingerprint density at radius 1 is 1.14 bits per heavy atom. The molecule has 0 aliphatic heterocycles. The molecule has 0 aliphatic rings. The molecule has 0 heterocycles. The topological polar surface area (TPSA) is 29.1 Å².